The van der Waals surface area contributed by atoms with Gasteiger partial charge >= 0.3 is 5.24 Å². The third kappa shape index (κ3) is 1.92. The van der Waals surface area contributed by atoms with Gasteiger partial charge in [-0.1, -0.05) is 0 Å². The number of aliphatic hydroxyl groups excluding tert-OH is 1. The zero-order chi connectivity index (χ0) is 12.2. The van der Waals surface area contributed by atoms with E-state index in [1.165, 1.54) is 0 Å². The highest BCUT2D eigenvalue weighted by Gasteiger charge is 2.57. The average Bonchev–Trinajstić information content (AvgIpc) is 2.83. The van der Waals surface area contributed by atoms with Crippen molar-refractivity contribution in [3.05, 3.63) is 0 Å². The molecule has 0 bridgehead atoms. The summed E-state index contributed by atoms with van der Waals surface area (Å²) in [6.07, 6.45) is -2.81. The molecule has 5 atom stereocenters. The van der Waals surface area contributed by atoms with Crippen LogP contribution in [0.15, 0.2) is 0 Å². The van der Waals surface area contributed by atoms with Crippen LogP contribution >= 0.6 is 12.2 Å². The van der Waals surface area contributed by atoms with Gasteiger partial charge in [-0.15, -0.1) is 0 Å². The molecule has 0 spiro atoms. The van der Waals surface area contributed by atoms with E-state index in [9.17, 15) is 5.11 Å². The number of fused-ring (bicyclic) bond motifs is 1. The number of ether oxygens (including phenoxy) is 5. The minimum atomic E-state index is -0.809. The molecule has 0 saturated carbocycles. The summed E-state index contributed by atoms with van der Waals surface area (Å²) in [7, 11) is 0. The van der Waals surface area contributed by atoms with E-state index in [1.807, 2.05) is 0 Å². The Bertz CT molecular complexity index is 346. The Hall–Kier alpha value is -0.470. The van der Waals surface area contributed by atoms with Crippen LogP contribution in [0.2, 0.25) is 0 Å². The largest absolute Gasteiger partial charge is 0.453 e. The third-order valence-electron chi connectivity index (χ3n) is 3.03. The van der Waals surface area contributed by atoms with Crippen molar-refractivity contribution in [2.75, 3.05) is 6.61 Å². The Morgan fingerprint density at radius 1 is 1.29 bits per heavy atom. The van der Waals surface area contributed by atoms with Crippen LogP contribution in [0.1, 0.15) is 13.8 Å². The highest BCUT2D eigenvalue weighted by molar-refractivity contribution is 7.79. The summed E-state index contributed by atoms with van der Waals surface area (Å²) in [5.74, 6) is -0.733. The Morgan fingerprint density at radius 2 is 2.06 bits per heavy atom. The fourth-order valence-electron chi connectivity index (χ4n) is 2.33. The van der Waals surface area contributed by atoms with Crippen molar-refractivity contribution < 1.29 is 28.8 Å². The molecule has 0 aromatic carbocycles. The molecule has 3 aliphatic heterocycles. The molecule has 7 heteroatoms. The van der Waals surface area contributed by atoms with Gasteiger partial charge in [0.15, 0.2) is 18.2 Å². The maximum atomic E-state index is 10.1. The first-order chi connectivity index (χ1) is 7.96. The summed E-state index contributed by atoms with van der Waals surface area (Å²) in [6, 6.07) is 0. The molecule has 6 nitrogen and oxygen atoms in total. The van der Waals surface area contributed by atoms with Gasteiger partial charge in [0.2, 0.25) is 0 Å². The molecular formula is C10H14O6S. The van der Waals surface area contributed by atoms with Crippen molar-refractivity contribution >= 4 is 17.5 Å². The summed E-state index contributed by atoms with van der Waals surface area (Å²) < 4.78 is 27.0. The smallest absolute Gasteiger partial charge is 0.352 e. The number of thiocarbonyl (C=S) groups is 1. The minimum absolute atomic E-state index is 0.0880. The lowest BCUT2D eigenvalue weighted by Gasteiger charge is -2.24. The Morgan fingerprint density at radius 3 is 2.65 bits per heavy atom. The second-order valence-corrected chi connectivity index (χ2v) is 5.11. The predicted octanol–water partition coefficient (Wildman–Crippen LogP) is -0.0760. The van der Waals surface area contributed by atoms with Crippen molar-refractivity contribution in [2.45, 2.75) is 50.3 Å². The van der Waals surface area contributed by atoms with Crippen LogP contribution in [0.3, 0.4) is 0 Å². The SMILES string of the molecule is CC1(C)O[C@H]2O[C@H]([C@H]3COC(=S)O3)[C@H](O)[C@H]2O1. The lowest BCUT2D eigenvalue weighted by molar-refractivity contribution is -0.223. The van der Waals surface area contributed by atoms with E-state index in [0.717, 1.165) is 0 Å². The lowest BCUT2D eigenvalue weighted by Crippen LogP contribution is -2.41. The van der Waals surface area contributed by atoms with Crippen LogP contribution in [-0.2, 0) is 23.7 Å². The van der Waals surface area contributed by atoms with E-state index >= 15 is 0 Å². The fourth-order valence-corrected chi connectivity index (χ4v) is 2.52. The van der Waals surface area contributed by atoms with Crippen LogP contribution in [0, 0.1) is 0 Å². The minimum Gasteiger partial charge on any atom is -0.453 e. The van der Waals surface area contributed by atoms with E-state index < -0.39 is 36.5 Å². The molecule has 3 rings (SSSR count). The molecule has 3 saturated heterocycles. The molecular weight excluding hydrogens is 248 g/mol. The molecule has 1 N–H and O–H groups in total. The maximum absolute atomic E-state index is 10.1. The van der Waals surface area contributed by atoms with Gasteiger partial charge < -0.3 is 28.8 Å². The molecule has 0 amide bonds. The molecule has 3 fully saturated rings. The monoisotopic (exact) mass is 262 g/mol. The second-order valence-electron chi connectivity index (χ2n) is 4.78. The van der Waals surface area contributed by atoms with E-state index in [4.69, 9.17) is 35.9 Å². The molecule has 0 unspecified atom stereocenters. The maximum Gasteiger partial charge on any atom is 0.352 e. The zero-order valence-corrected chi connectivity index (χ0v) is 10.3. The van der Waals surface area contributed by atoms with Gasteiger partial charge in [-0.2, -0.15) is 0 Å². The van der Waals surface area contributed by atoms with Crippen molar-refractivity contribution in [1.29, 1.82) is 0 Å². The van der Waals surface area contributed by atoms with E-state index in [-0.39, 0.29) is 11.8 Å². The van der Waals surface area contributed by atoms with Gasteiger partial charge in [-0.25, -0.2) is 0 Å². The highest BCUT2D eigenvalue weighted by atomic mass is 32.1. The van der Waals surface area contributed by atoms with Crippen LogP contribution in [0.4, 0.5) is 0 Å². The van der Waals surface area contributed by atoms with Gasteiger partial charge in [-0.05, 0) is 13.8 Å². The third-order valence-corrected chi connectivity index (χ3v) is 3.25. The summed E-state index contributed by atoms with van der Waals surface area (Å²) in [5, 5.41) is 10.2. The van der Waals surface area contributed by atoms with E-state index in [0.29, 0.717) is 0 Å². The summed E-state index contributed by atoms with van der Waals surface area (Å²) in [6.45, 7) is 3.84. The first-order valence-electron chi connectivity index (χ1n) is 5.49. The van der Waals surface area contributed by atoms with Crippen molar-refractivity contribution in [1.82, 2.24) is 0 Å². The predicted molar refractivity (Wildman–Crippen MR) is 58.1 cm³/mol. The summed E-state index contributed by atoms with van der Waals surface area (Å²) in [4.78, 5) is 0. The molecule has 3 heterocycles. The van der Waals surface area contributed by atoms with Crippen molar-refractivity contribution in [2.24, 2.45) is 0 Å². The van der Waals surface area contributed by atoms with Gasteiger partial charge in [0, 0.05) is 12.2 Å². The topological polar surface area (TPSA) is 66.4 Å². The highest BCUT2D eigenvalue weighted by Crippen LogP contribution is 2.39. The Kier molecular flexibility index (Phi) is 2.57. The van der Waals surface area contributed by atoms with Crippen LogP contribution in [-0.4, -0.2) is 53.4 Å². The van der Waals surface area contributed by atoms with Crippen LogP contribution < -0.4 is 0 Å². The second kappa shape index (κ2) is 3.76. The summed E-state index contributed by atoms with van der Waals surface area (Å²) in [5.41, 5.74) is 0. The molecule has 0 aromatic rings. The van der Waals surface area contributed by atoms with Gasteiger partial charge in [0.1, 0.15) is 24.9 Å². The quantitative estimate of drug-likeness (QED) is 0.663. The lowest BCUT2D eigenvalue weighted by atomic mass is 10.1. The Balaban J connectivity index is 1.70. The van der Waals surface area contributed by atoms with Crippen LogP contribution in [0.25, 0.3) is 0 Å². The van der Waals surface area contributed by atoms with Crippen molar-refractivity contribution in [3.63, 3.8) is 0 Å². The molecule has 0 aliphatic carbocycles. The van der Waals surface area contributed by atoms with Crippen molar-refractivity contribution in [3.8, 4) is 0 Å². The Labute approximate surface area is 104 Å². The fraction of sp³-hybridized carbons (Fsp3) is 0.900. The van der Waals surface area contributed by atoms with Gasteiger partial charge in [0.05, 0.1) is 0 Å². The number of rotatable bonds is 1. The van der Waals surface area contributed by atoms with E-state index in [2.05, 4.69) is 0 Å². The zero-order valence-electron chi connectivity index (χ0n) is 9.49. The number of aliphatic hydroxyl groups is 1. The first-order valence-corrected chi connectivity index (χ1v) is 5.90. The standard InChI is InChI=1S/C10H14O6S/c1-10(2)15-7-5(11)6(14-8(7)16-10)4-3-12-9(17)13-4/h4-8,11H,3H2,1-2H3/t4-,5+,6-,7-,8-/m1/s1. The van der Waals surface area contributed by atoms with Gasteiger partial charge in [0.25, 0.3) is 0 Å². The molecule has 3 aliphatic rings. The average molecular weight is 262 g/mol. The molecule has 0 radical (unpaired) electrons. The summed E-state index contributed by atoms with van der Waals surface area (Å²) >= 11 is 4.76. The van der Waals surface area contributed by atoms with Crippen LogP contribution in [0.5, 0.6) is 0 Å². The normalized spacial score (nSPS) is 47.7. The molecule has 17 heavy (non-hydrogen) atoms. The van der Waals surface area contributed by atoms with Gasteiger partial charge in [-0.3, -0.25) is 0 Å². The molecule has 0 aromatic heterocycles. The number of hydrogen-bond donors (Lipinski definition) is 1. The molecule has 96 valence electrons. The first kappa shape index (κ1) is 11.6. The number of hydrogen-bond acceptors (Lipinski definition) is 7. The van der Waals surface area contributed by atoms with E-state index in [1.54, 1.807) is 13.8 Å².